The van der Waals surface area contributed by atoms with Crippen LogP contribution >= 0.6 is 0 Å². The first-order valence-electron chi connectivity index (χ1n) is 7.71. The van der Waals surface area contributed by atoms with Crippen molar-refractivity contribution in [3.05, 3.63) is 65.7 Å². The molecular formula is C19H25NO2. The van der Waals surface area contributed by atoms with Gasteiger partial charge in [0.2, 0.25) is 0 Å². The second-order valence-corrected chi connectivity index (χ2v) is 5.93. The summed E-state index contributed by atoms with van der Waals surface area (Å²) in [4.78, 5) is 2.12. The van der Waals surface area contributed by atoms with Crippen LogP contribution in [0.5, 0.6) is 5.75 Å². The van der Waals surface area contributed by atoms with Crippen LogP contribution in [0.15, 0.2) is 54.6 Å². The predicted molar refractivity (Wildman–Crippen MR) is 89.9 cm³/mol. The zero-order chi connectivity index (χ0) is 15.9. The van der Waals surface area contributed by atoms with Gasteiger partial charge in [-0.2, -0.15) is 0 Å². The topological polar surface area (TPSA) is 32.7 Å². The van der Waals surface area contributed by atoms with E-state index in [4.69, 9.17) is 4.74 Å². The van der Waals surface area contributed by atoms with Crippen molar-refractivity contribution in [3.63, 3.8) is 0 Å². The molecule has 0 aliphatic carbocycles. The molecule has 22 heavy (non-hydrogen) atoms. The van der Waals surface area contributed by atoms with Gasteiger partial charge in [-0.1, -0.05) is 42.5 Å². The Labute approximate surface area is 133 Å². The van der Waals surface area contributed by atoms with Crippen molar-refractivity contribution in [3.8, 4) is 5.75 Å². The van der Waals surface area contributed by atoms with E-state index in [9.17, 15) is 5.11 Å². The Balaban J connectivity index is 1.89. The van der Waals surface area contributed by atoms with E-state index in [1.807, 2.05) is 63.4 Å². The van der Waals surface area contributed by atoms with Gasteiger partial charge in [-0.15, -0.1) is 0 Å². The van der Waals surface area contributed by atoms with Gasteiger partial charge in [0.1, 0.15) is 5.75 Å². The number of hydrogen-bond acceptors (Lipinski definition) is 3. The second kappa shape index (κ2) is 7.97. The molecule has 0 spiro atoms. The average molecular weight is 299 g/mol. The van der Waals surface area contributed by atoms with E-state index in [1.54, 1.807) is 0 Å². The Bertz CT molecular complexity index is 551. The lowest BCUT2D eigenvalue weighted by Gasteiger charge is -2.21. The molecule has 2 aromatic carbocycles. The highest BCUT2D eigenvalue weighted by Gasteiger charge is 2.11. The summed E-state index contributed by atoms with van der Waals surface area (Å²) in [7, 11) is 2.02. The summed E-state index contributed by atoms with van der Waals surface area (Å²) in [6.07, 6.45) is -0.338. The molecule has 1 atom stereocenters. The Kier molecular flexibility index (Phi) is 5.99. The largest absolute Gasteiger partial charge is 0.491 e. The van der Waals surface area contributed by atoms with Crippen LogP contribution in [0, 0.1) is 0 Å². The van der Waals surface area contributed by atoms with Gasteiger partial charge in [-0.05, 0) is 44.2 Å². The molecule has 0 aliphatic heterocycles. The van der Waals surface area contributed by atoms with E-state index >= 15 is 0 Å². The van der Waals surface area contributed by atoms with Crippen LogP contribution in [0.2, 0.25) is 0 Å². The van der Waals surface area contributed by atoms with Gasteiger partial charge in [0.05, 0.1) is 12.2 Å². The molecular weight excluding hydrogens is 274 g/mol. The van der Waals surface area contributed by atoms with Gasteiger partial charge in [-0.3, -0.25) is 4.90 Å². The number of rotatable bonds is 7. The van der Waals surface area contributed by atoms with Gasteiger partial charge < -0.3 is 9.84 Å². The van der Waals surface area contributed by atoms with Crippen LogP contribution in [-0.4, -0.2) is 29.7 Å². The molecule has 0 aromatic heterocycles. The van der Waals surface area contributed by atoms with Crippen molar-refractivity contribution in [1.82, 2.24) is 4.90 Å². The minimum absolute atomic E-state index is 0.160. The van der Waals surface area contributed by atoms with E-state index in [-0.39, 0.29) is 6.10 Å². The molecule has 0 heterocycles. The molecule has 118 valence electrons. The van der Waals surface area contributed by atoms with Crippen molar-refractivity contribution in [2.75, 3.05) is 13.6 Å². The van der Waals surface area contributed by atoms with E-state index in [0.29, 0.717) is 6.54 Å². The van der Waals surface area contributed by atoms with Crippen molar-refractivity contribution >= 4 is 0 Å². The van der Waals surface area contributed by atoms with Crippen LogP contribution in [0.3, 0.4) is 0 Å². The zero-order valence-electron chi connectivity index (χ0n) is 13.6. The van der Waals surface area contributed by atoms with Crippen LogP contribution in [0.25, 0.3) is 0 Å². The number of ether oxygens (including phenoxy) is 1. The van der Waals surface area contributed by atoms with Gasteiger partial charge in [0, 0.05) is 13.1 Å². The fourth-order valence-corrected chi connectivity index (χ4v) is 2.40. The molecule has 1 unspecified atom stereocenters. The summed E-state index contributed by atoms with van der Waals surface area (Å²) < 4.78 is 5.62. The molecule has 0 saturated carbocycles. The highest BCUT2D eigenvalue weighted by atomic mass is 16.5. The normalized spacial score (nSPS) is 12.6. The predicted octanol–water partition coefficient (Wildman–Crippen LogP) is 3.64. The fourth-order valence-electron chi connectivity index (χ4n) is 2.40. The molecule has 0 bridgehead atoms. The highest BCUT2D eigenvalue weighted by Crippen LogP contribution is 2.19. The first-order valence-corrected chi connectivity index (χ1v) is 7.71. The number of benzene rings is 2. The number of hydrogen-bond donors (Lipinski definition) is 1. The van der Waals surface area contributed by atoms with Crippen molar-refractivity contribution in [1.29, 1.82) is 0 Å². The third-order valence-corrected chi connectivity index (χ3v) is 3.42. The minimum Gasteiger partial charge on any atom is -0.491 e. The summed E-state index contributed by atoms with van der Waals surface area (Å²) in [6.45, 7) is 5.42. The smallest absolute Gasteiger partial charge is 0.119 e. The number of aliphatic hydroxyl groups is 1. The summed E-state index contributed by atoms with van der Waals surface area (Å²) in [6, 6.07) is 18.0. The molecule has 0 amide bonds. The van der Waals surface area contributed by atoms with E-state index in [1.165, 1.54) is 5.56 Å². The monoisotopic (exact) mass is 299 g/mol. The van der Waals surface area contributed by atoms with E-state index in [2.05, 4.69) is 17.0 Å². The molecule has 2 rings (SSSR count). The number of likely N-dealkylation sites (N-methyl/N-ethyl adjacent to an activating group) is 1. The third-order valence-electron chi connectivity index (χ3n) is 3.42. The Morgan fingerprint density at radius 1 is 1.00 bits per heavy atom. The lowest BCUT2D eigenvalue weighted by Crippen LogP contribution is -2.24. The Morgan fingerprint density at radius 3 is 2.23 bits per heavy atom. The Hall–Kier alpha value is -1.84. The molecule has 0 fully saturated rings. The van der Waals surface area contributed by atoms with Crippen LogP contribution in [0.4, 0.5) is 0 Å². The van der Waals surface area contributed by atoms with Gasteiger partial charge in [0.15, 0.2) is 0 Å². The van der Waals surface area contributed by atoms with Crippen molar-refractivity contribution in [2.24, 2.45) is 0 Å². The second-order valence-electron chi connectivity index (χ2n) is 5.93. The summed E-state index contributed by atoms with van der Waals surface area (Å²) >= 11 is 0. The first-order chi connectivity index (χ1) is 10.5. The SMILES string of the molecule is CC(C)Oc1ccc(C(O)CN(C)Cc2ccccc2)cc1. The Morgan fingerprint density at radius 2 is 1.64 bits per heavy atom. The summed E-state index contributed by atoms with van der Waals surface area (Å²) in [5.41, 5.74) is 2.16. The quantitative estimate of drug-likeness (QED) is 0.847. The zero-order valence-corrected chi connectivity index (χ0v) is 13.6. The van der Waals surface area contributed by atoms with Gasteiger partial charge >= 0.3 is 0 Å². The highest BCUT2D eigenvalue weighted by molar-refractivity contribution is 5.28. The van der Waals surface area contributed by atoms with E-state index < -0.39 is 6.10 Å². The summed E-state index contributed by atoms with van der Waals surface area (Å²) in [5.74, 6) is 0.837. The first kappa shape index (κ1) is 16.5. The molecule has 3 nitrogen and oxygen atoms in total. The standard InChI is InChI=1S/C19H25NO2/c1-15(2)22-18-11-9-17(10-12-18)19(21)14-20(3)13-16-7-5-4-6-8-16/h4-12,15,19,21H,13-14H2,1-3H3. The lowest BCUT2D eigenvalue weighted by atomic mass is 10.1. The van der Waals surface area contributed by atoms with Crippen LogP contribution < -0.4 is 4.74 Å². The number of nitrogens with zero attached hydrogens (tertiary/aromatic N) is 1. The third kappa shape index (κ3) is 5.17. The molecule has 2 aromatic rings. The molecule has 0 saturated heterocycles. The maximum Gasteiger partial charge on any atom is 0.119 e. The molecule has 0 aliphatic rings. The molecule has 1 N–H and O–H groups in total. The molecule has 3 heteroatoms. The maximum atomic E-state index is 10.4. The lowest BCUT2D eigenvalue weighted by molar-refractivity contribution is 0.123. The summed E-state index contributed by atoms with van der Waals surface area (Å²) in [5, 5.41) is 10.4. The van der Waals surface area contributed by atoms with Gasteiger partial charge in [0.25, 0.3) is 0 Å². The fraction of sp³-hybridized carbons (Fsp3) is 0.368. The van der Waals surface area contributed by atoms with Gasteiger partial charge in [-0.25, -0.2) is 0 Å². The maximum absolute atomic E-state index is 10.4. The average Bonchev–Trinajstić information content (AvgIpc) is 2.48. The molecule has 0 radical (unpaired) electrons. The van der Waals surface area contributed by atoms with Crippen molar-refractivity contribution < 1.29 is 9.84 Å². The van der Waals surface area contributed by atoms with Crippen molar-refractivity contribution in [2.45, 2.75) is 32.6 Å². The number of aliphatic hydroxyl groups excluding tert-OH is 1. The van der Waals surface area contributed by atoms with Crippen LogP contribution in [0.1, 0.15) is 31.1 Å². The minimum atomic E-state index is -0.498. The van der Waals surface area contributed by atoms with E-state index in [0.717, 1.165) is 17.9 Å². The van der Waals surface area contributed by atoms with Crippen LogP contribution in [-0.2, 0) is 6.54 Å².